The molecule has 22 heavy (non-hydrogen) atoms. The molecule has 7 heteroatoms. The lowest BCUT2D eigenvalue weighted by molar-refractivity contribution is 0.101. The van der Waals surface area contributed by atoms with E-state index in [2.05, 4.69) is 9.97 Å². The van der Waals surface area contributed by atoms with Crippen molar-refractivity contribution >= 4 is 16.9 Å². The molecule has 0 N–H and O–H groups in total. The first-order chi connectivity index (χ1) is 10.5. The van der Waals surface area contributed by atoms with Gasteiger partial charge in [-0.05, 0) is 19.1 Å². The van der Waals surface area contributed by atoms with Crippen LogP contribution in [-0.2, 0) is 7.05 Å². The van der Waals surface area contributed by atoms with E-state index in [0.717, 1.165) is 4.57 Å². The van der Waals surface area contributed by atoms with Gasteiger partial charge in [0.05, 0.1) is 5.69 Å². The lowest BCUT2D eigenvalue weighted by atomic mass is 10.1. The molecule has 3 aromatic rings. The second kappa shape index (κ2) is 5.03. The van der Waals surface area contributed by atoms with Crippen LogP contribution in [0.4, 0.5) is 0 Å². The molecule has 2 aromatic heterocycles. The summed E-state index contributed by atoms with van der Waals surface area (Å²) in [4.78, 5) is 44.5. The van der Waals surface area contributed by atoms with Crippen LogP contribution in [0.15, 0.2) is 46.2 Å². The van der Waals surface area contributed by atoms with Crippen LogP contribution < -0.4 is 11.2 Å². The fourth-order valence-corrected chi connectivity index (χ4v) is 2.25. The van der Waals surface area contributed by atoms with Crippen LogP contribution in [-0.4, -0.2) is 24.9 Å². The second-order valence-corrected chi connectivity index (χ2v) is 4.82. The summed E-state index contributed by atoms with van der Waals surface area (Å²) in [5, 5.41) is 0. The Morgan fingerprint density at radius 3 is 2.59 bits per heavy atom. The zero-order valence-corrected chi connectivity index (χ0v) is 12.0. The van der Waals surface area contributed by atoms with Crippen molar-refractivity contribution in [3.05, 3.63) is 63.1 Å². The van der Waals surface area contributed by atoms with E-state index in [1.54, 1.807) is 18.2 Å². The third-order valence-corrected chi connectivity index (χ3v) is 3.39. The molecule has 0 unspecified atom stereocenters. The van der Waals surface area contributed by atoms with E-state index in [1.165, 1.54) is 37.0 Å². The molecule has 0 aliphatic heterocycles. The SMILES string of the molecule is CC(=O)c1cccc(-n2c(=O)c3nccnc3n(C)c2=O)c1. The molecule has 0 saturated heterocycles. The van der Waals surface area contributed by atoms with Crippen molar-refractivity contribution in [1.29, 1.82) is 0 Å². The second-order valence-electron chi connectivity index (χ2n) is 4.82. The Morgan fingerprint density at radius 1 is 1.14 bits per heavy atom. The smallest absolute Gasteiger partial charge is 0.295 e. The van der Waals surface area contributed by atoms with Gasteiger partial charge in [-0.25, -0.2) is 19.3 Å². The normalized spacial score (nSPS) is 10.8. The molecule has 1 aromatic carbocycles. The number of ketones is 1. The Hall–Kier alpha value is -3.09. The minimum atomic E-state index is -0.563. The van der Waals surface area contributed by atoms with Gasteiger partial charge in [0.25, 0.3) is 5.56 Å². The summed E-state index contributed by atoms with van der Waals surface area (Å²) in [6.07, 6.45) is 2.81. The van der Waals surface area contributed by atoms with Crippen molar-refractivity contribution in [2.75, 3.05) is 0 Å². The average molecular weight is 296 g/mol. The summed E-state index contributed by atoms with van der Waals surface area (Å²) >= 11 is 0. The first kappa shape index (κ1) is 13.9. The number of fused-ring (bicyclic) bond motifs is 1. The predicted molar refractivity (Wildman–Crippen MR) is 80.4 cm³/mol. The van der Waals surface area contributed by atoms with Gasteiger partial charge in [-0.15, -0.1) is 0 Å². The van der Waals surface area contributed by atoms with Crippen LogP contribution in [0.25, 0.3) is 16.9 Å². The van der Waals surface area contributed by atoms with Gasteiger partial charge in [0.2, 0.25) is 0 Å². The maximum atomic E-state index is 12.5. The molecular formula is C15H12N4O3. The van der Waals surface area contributed by atoms with Gasteiger partial charge < -0.3 is 0 Å². The van der Waals surface area contributed by atoms with Crippen LogP contribution in [0.3, 0.4) is 0 Å². The summed E-state index contributed by atoms with van der Waals surface area (Å²) in [7, 11) is 1.52. The summed E-state index contributed by atoms with van der Waals surface area (Å²) in [6, 6.07) is 6.35. The number of benzene rings is 1. The Labute approximate surface area is 124 Å². The quantitative estimate of drug-likeness (QED) is 0.649. The molecular weight excluding hydrogens is 284 g/mol. The molecule has 0 amide bonds. The highest BCUT2D eigenvalue weighted by molar-refractivity contribution is 5.94. The lowest BCUT2D eigenvalue weighted by Gasteiger charge is -2.10. The summed E-state index contributed by atoms with van der Waals surface area (Å²) in [5.74, 6) is -0.146. The Bertz CT molecular complexity index is 1020. The van der Waals surface area contributed by atoms with E-state index in [0.29, 0.717) is 11.3 Å². The Balaban J connectivity index is 2.42. The van der Waals surface area contributed by atoms with Crippen LogP contribution in [0, 0.1) is 0 Å². The number of carbonyl (C=O) groups is 1. The van der Waals surface area contributed by atoms with Gasteiger partial charge in [0.1, 0.15) is 0 Å². The summed E-state index contributed by atoms with van der Waals surface area (Å²) < 4.78 is 2.24. The lowest BCUT2D eigenvalue weighted by Crippen LogP contribution is -2.38. The molecule has 3 rings (SSSR count). The number of hydrogen-bond donors (Lipinski definition) is 0. The van der Waals surface area contributed by atoms with Crippen molar-refractivity contribution in [1.82, 2.24) is 19.1 Å². The number of nitrogens with zero attached hydrogens (tertiary/aromatic N) is 4. The standard InChI is InChI=1S/C15H12N4O3/c1-9(20)10-4-3-5-11(8-10)19-14(21)12-13(17-7-6-16-12)18(2)15(19)22/h3-8H,1-2H3. The van der Waals surface area contributed by atoms with Gasteiger partial charge in [-0.3, -0.25) is 14.2 Å². The third kappa shape index (κ3) is 2.03. The van der Waals surface area contributed by atoms with E-state index in [4.69, 9.17) is 0 Å². The fourth-order valence-electron chi connectivity index (χ4n) is 2.25. The van der Waals surface area contributed by atoms with Gasteiger partial charge >= 0.3 is 5.69 Å². The van der Waals surface area contributed by atoms with Crippen molar-refractivity contribution in [3.8, 4) is 5.69 Å². The highest BCUT2D eigenvalue weighted by Crippen LogP contribution is 2.09. The highest BCUT2D eigenvalue weighted by atomic mass is 16.2. The molecule has 0 aliphatic rings. The van der Waals surface area contributed by atoms with Crippen LogP contribution in [0.2, 0.25) is 0 Å². The highest BCUT2D eigenvalue weighted by Gasteiger charge is 2.14. The van der Waals surface area contributed by atoms with Crippen molar-refractivity contribution in [3.63, 3.8) is 0 Å². The van der Waals surface area contributed by atoms with Gasteiger partial charge in [0.15, 0.2) is 16.9 Å². The van der Waals surface area contributed by atoms with Crippen LogP contribution in [0.1, 0.15) is 17.3 Å². The molecule has 7 nitrogen and oxygen atoms in total. The molecule has 0 bridgehead atoms. The zero-order chi connectivity index (χ0) is 15.9. The number of carbonyl (C=O) groups excluding carboxylic acids is 1. The number of aromatic nitrogens is 4. The largest absolute Gasteiger partial charge is 0.337 e. The number of aryl methyl sites for hydroxylation is 1. The van der Waals surface area contributed by atoms with Crippen molar-refractivity contribution in [2.24, 2.45) is 7.05 Å². The van der Waals surface area contributed by atoms with Crippen LogP contribution >= 0.6 is 0 Å². The zero-order valence-electron chi connectivity index (χ0n) is 12.0. The molecule has 0 aliphatic carbocycles. The monoisotopic (exact) mass is 296 g/mol. The molecule has 0 spiro atoms. The predicted octanol–water partition coefficient (Wildman–Crippen LogP) is 0.682. The third-order valence-electron chi connectivity index (χ3n) is 3.39. The van der Waals surface area contributed by atoms with E-state index in [-0.39, 0.29) is 16.9 Å². The van der Waals surface area contributed by atoms with Crippen molar-refractivity contribution in [2.45, 2.75) is 6.92 Å². The minimum Gasteiger partial charge on any atom is -0.295 e. The molecule has 0 fully saturated rings. The Morgan fingerprint density at radius 2 is 1.86 bits per heavy atom. The van der Waals surface area contributed by atoms with E-state index in [9.17, 15) is 14.4 Å². The molecule has 0 radical (unpaired) electrons. The maximum absolute atomic E-state index is 12.5. The van der Waals surface area contributed by atoms with Gasteiger partial charge in [0, 0.05) is 25.0 Å². The topological polar surface area (TPSA) is 86.8 Å². The summed E-state index contributed by atoms with van der Waals surface area (Å²) in [6.45, 7) is 1.42. The average Bonchev–Trinajstić information content (AvgIpc) is 2.53. The van der Waals surface area contributed by atoms with Gasteiger partial charge in [-0.2, -0.15) is 0 Å². The van der Waals surface area contributed by atoms with Crippen molar-refractivity contribution < 1.29 is 4.79 Å². The molecule has 0 atom stereocenters. The summed E-state index contributed by atoms with van der Waals surface area (Å²) in [5.41, 5.74) is -0.0450. The van der Waals surface area contributed by atoms with E-state index >= 15 is 0 Å². The van der Waals surface area contributed by atoms with Crippen LogP contribution in [0.5, 0.6) is 0 Å². The number of Topliss-reactive ketones (excluding diaryl/α,β-unsaturated/α-hetero) is 1. The number of hydrogen-bond acceptors (Lipinski definition) is 5. The molecule has 0 saturated carbocycles. The van der Waals surface area contributed by atoms with E-state index in [1.807, 2.05) is 0 Å². The first-order valence-corrected chi connectivity index (χ1v) is 6.55. The minimum absolute atomic E-state index is 0.0952. The first-order valence-electron chi connectivity index (χ1n) is 6.55. The molecule has 2 heterocycles. The maximum Gasteiger partial charge on any atom is 0.337 e. The fraction of sp³-hybridized carbons (Fsp3) is 0.133. The number of rotatable bonds is 2. The molecule has 110 valence electrons. The van der Waals surface area contributed by atoms with E-state index < -0.39 is 11.2 Å². The Kier molecular flexibility index (Phi) is 3.17. The van der Waals surface area contributed by atoms with Gasteiger partial charge in [-0.1, -0.05) is 12.1 Å².